The molecule has 14 heteroatoms. The van der Waals surface area contributed by atoms with E-state index in [1.165, 1.54) is 32.9 Å². The van der Waals surface area contributed by atoms with E-state index >= 15 is 0 Å². The molecule has 2 fully saturated rings. The first-order valence-electron chi connectivity index (χ1n) is 12.1. The van der Waals surface area contributed by atoms with Crippen molar-refractivity contribution < 1.29 is 32.6 Å². The molecule has 0 amide bonds. The average Bonchev–Trinajstić information content (AvgIpc) is 3.49. The zero-order valence-electron chi connectivity index (χ0n) is 21.0. The van der Waals surface area contributed by atoms with Gasteiger partial charge in [-0.1, -0.05) is 12.1 Å². The number of ether oxygens (including phenoxy) is 1. The van der Waals surface area contributed by atoms with Gasteiger partial charge in [-0.05, 0) is 44.9 Å². The minimum atomic E-state index is -3.97. The third kappa shape index (κ3) is 5.68. The summed E-state index contributed by atoms with van der Waals surface area (Å²) in [5.74, 6) is -0.935. The molecule has 1 aromatic carbocycles. The SMILES string of the molecule is CC1NCCN(S(=O)(=O)N2CCC(O)C2)C1c1nc(OCc2ccc(F)cc2)n(C(=O)C(C)(C)CO)n1. The van der Waals surface area contributed by atoms with Crippen molar-refractivity contribution >= 4 is 16.1 Å². The summed E-state index contributed by atoms with van der Waals surface area (Å²) in [5, 5.41) is 27.3. The number of aliphatic hydroxyl groups is 2. The lowest BCUT2D eigenvalue weighted by Crippen LogP contribution is -2.56. The van der Waals surface area contributed by atoms with E-state index in [9.17, 15) is 27.8 Å². The summed E-state index contributed by atoms with van der Waals surface area (Å²) in [4.78, 5) is 17.7. The van der Waals surface area contributed by atoms with Gasteiger partial charge < -0.3 is 20.3 Å². The maximum Gasteiger partial charge on any atom is 0.322 e. The molecule has 3 unspecified atom stereocenters. The van der Waals surface area contributed by atoms with Crippen LogP contribution in [0.5, 0.6) is 6.01 Å². The number of aliphatic hydroxyl groups excluding tert-OH is 2. The number of nitrogens with zero attached hydrogens (tertiary/aromatic N) is 5. The first kappa shape index (κ1) is 27.5. The Bertz CT molecular complexity index is 1220. The number of rotatable bonds is 8. The molecule has 0 saturated carbocycles. The zero-order valence-corrected chi connectivity index (χ0v) is 21.9. The van der Waals surface area contributed by atoms with Crippen molar-refractivity contribution in [1.29, 1.82) is 0 Å². The van der Waals surface area contributed by atoms with Crippen LogP contribution in [0.25, 0.3) is 0 Å². The molecule has 3 atom stereocenters. The lowest BCUT2D eigenvalue weighted by Gasteiger charge is -2.39. The van der Waals surface area contributed by atoms with E-state index < -0.39 is 52.1 Å². The van der Waals surface area contributed by atoms with E-state index in [-0.39, 0.29) is 38.1 Å². The predicted octanol–water partition coefficient (Wildman–Crippen LogP) is 0.301. The minimum Gasteiger partial charge on any atom is -0.458 e. The fourth-order valence-corrected chi connectivity index (χ4v) is 6.21. The Balaban J connectivity index is 1.70. The number of benzene rings is 1. The highest BCUT2D eigenvalue weighted by Crippen LogP contribution is 2.32. The summed E-state index contributed by atoms with van der Waals surface area (Å²) in [6.07, 6.45) is -0.374. The highest BCUT2D eigenvalue weighted by molar-refractivity contribution is 7.86. The highest BCUT2D eigenvalue weighted by Gasteiger charge is 2.45. The van der Waals surface area contributed by atoms with E-state index in [1.54, 1.807) is 20.8 Å². The fraction of sp³-hybridized carbons (Fsp3) is 0.609. The molecule has 204 valence electrons. The maximum atomic E-state index is 13.5. The second kappa shape index (κ2) is 10.7. The van der Waals surface area contributed by atoms with Crippen molar-refractivity contribution in [2.45, 2.75) is 52.0 Å². The lowest BCUT2D eigenvalue weighted by molar-refractivity contribution is 0.0592. The van der Waals surface area contributed by atoms with Crippen LogP contribution < -0.4 is 10.1 Å². The maximum absolute atomic E-state index is 13.5. The Labute approximate surface area is 215 Å². The number of carbonyl (C=O) groups excluding carboxylic acids is 1. The Hall–Kier alpha value is -2.49. The van der Waals surface area contributed by atoms with Gasteiger partial charge in [0.2, 0.25) is 0 Å². The quantitative estimate of drug-likeness (QED) is 0.430. The Kier molecular flexibility index (Phi) is 7.97. The Morgan fingerprint density at radius 3 is 2.59 bits per heavy atom. The highest BCUT2D eigenvalue weighted by atomic mass is 32.2. The van der Waals surface area contributed by atoms with Crippen molar-refractivity contribution in [2.75, 3.05) is 32.8 Å². The summed E-state index contributed by atoms with van der Waals surface area (Å²) in [5.41, 5.74) is -0.594. The molecule has 2 saturated heterocycles. The zero-order chi connectivity index (χ0) is 27.0. The van der Waals surface area contributed by atoms with Crippen molar-refractivity contribution in [3.8, 4) is 6.01 Å². The molecule has 3 heterocycles. The van der Waals surface area contributed by atoms with Gasteiger partial charge in [0, 0.05) is 32.2 Å². The second-order valence-corrected chi connectivity index (χ2v) is 11.9. The number of halogens is 1. The minimum absolute atomic E-state index is 0.00440. The van der Waals surface area contributed by atoms with Crippen LogP contribution >= 0.6 is 0 Å². The molecular weight excluding hydrogens is 507 g/mol. The molecule has 2 aromatic rings. The Morgan fingerprint density at radius 1 is 1.27 bits per heavy atom. The molecule has 2 aliphatic rings. The molecule has 0 aliphatic carbocycles. The molecule has 1 aromatic heterocycles. The van der Waals surface area contributed by atoms with Gasteiger partial charge in [0.15, 0.2) is 5.82 Å². The summed E-state index contributed by atoms with van der Waals surface area (Å²) in [6, 6.07) is 4.18. The van der Waals surface area contributed by atoms with Crippen molar-refractivity contribution in [3.63, 3.8) is 0 Å². The normalized spacial score (nSPS) is 23.9. The number of hydrogen-bond donors (Lipinski definition) is 3. The molecule has 3 N–H and O–H groups in total. The molecule has 0 spiro atoms. The topological polar surface area (TPSA) is 150 Å². The van der Waals surface area contributed by atoms with Crippen LogP contribution in [0.3, 0.4) is 0 Å². The molecule has 37 heavy (non-hydrogen) atoms. The summed E-state index contributed by atoms with van der Waals surface area (Å²) < 4.78 is 49.6. The molecule has 2 aliphatic heterocycles. The number of hydrogen-bond acceptors (Lipinski definition) is 9. The van der Waals surface area contributed by atoms with Gasteiger partial charge in [0.25, 0.3) is 16.1 Å². The summed E-state index contributed by atoms with van der Waals surface area (Å²) in [6.45, 7) is 5.12. The van der Waals surface area contributed by atoms with Gasteiger partial charge in [-0.15, -0.1) is 9.78 Å². The van der Waals surface area contributed by atoms with Crippen LogP contribution in [-0.4, -0.2) is 92.8 Å². The van der Waals surface area contributed by atoms with Crippen molar-refractivity contribution in [3.05, 3.63) is 41.5 Å². The van der Waals surface area contributed by atoms with Gasteiger partial charge in [-0.25, -0.2) is 4.39 Å². The van der Waals surface area contributed by atoms with E-state index in [0.29, 0.717) is 18.5 Å². The van der Waals surface area contributed by atoms with Crippen LogP contribution in [0.1, 0.15) is 49.4 Å². The monoisotopic (exact) mass is 540 g/mol. The van der Waals surface area contributed by atoms with Gasteiger partial charge in [-0.3, -0.25) is 4.79 Å². The van der Waals surface area contributed by atoms with Crippen LogP contribution in [0.2, 0.25) is 0 Å². The van der Waals surface area contributed by atoms with Gasteiger partial charge >= 0.3 is 6.01 Å². The number of nitrogens with one attached hydrogen (secondary N) is 1. The van der Waals surface area contributed by atoms with E-state index in [0.717, 1.165) is 4.68 Å². The van der Waals surface area contributed by atoms with Gasteiger partial charge in [-0.2, -0.15) is 22.0 Å². The molecular formula is C23H33FN6O6S. The fourth-order valence-electron chi connectivity index (χ4n) is 4.33. The average molecular weight is 541 g/mol. The van der Waals surface area contributed by atoms with Gasteiger partial charge in [0.1, 0.15) is 18.5 Å². The van der Waals surface area contributed by atoms with Crippen molar-refractivity contribution in [1.82, 2.24) is 28.7 Å². The third-order valence-corrected chi connectivity index (χ3v) is 8.62. The summed E-state index contributed by atoms with van der Waals surface area (Å²) in [7, 11) is -3.97. The number of piperazine rings is 1. The van der Waals surface area contributed by atoms with Crippen LogP contribution in [0.15, 0.2) is 24.3 Å². The first-order chi connectivity index (χ1) is 17.4. The van der Waals surface area contributed by atoms with E-state index in [4.69, 9.17) is 4.74 Å². The number of β-amino-alcohol motifs (C(OH)–C–C–N with tert-alkyl or cyclic N) is 1. The largest absolute Gasteiger partial charge is 0.458 e. The molecule has 12 nitrogen and oxygen atoms in total. The smallest absolute Gasteiger partial charge is 0.322 e. The number of aromatic nitrogens is 3. The molecule has 4 rings (SSSR count). The van der Waals surface area contributed by atoms with Crippen LogP contribution in [-0.2, 0) is 16.8 Å². The lowest BCUT2D eigenvalue weighted by atomic mass is 9.94. The van der Waals surface area contributed by atoms with Crippen LogP contribution in [0.4, 0.5) is 4.39 Å². The van der Waals surface area contributed by atoms with Crippen LogP contribution in [0, 0.1) is 11.2 Å². The molecule has 0 bridgehead atoms. The third-order valence-electron chi connectivity index (χ3n) is 6.64. The van der Waals surface area contributed by atoms with Crippen molar-refractivity contribution in [2.24, 2.45) is 5.41 Å². The van der Waals surface area contributed by atoms with E-state index in [2.05, 4.69) is 15.4 Å². The predicted molar refractivity (Wildman–Crippen MR) is 130 cm³/mol. The molecule has 0 radical (unpaired) electrons. The summed E-state index contributed by atoms with van der Waals surface area (Å²) >= 11 is 0. The standard InChI is InChI=1S/C23H33FN6O6S/c1-15-19(29(11-9-25-15)37(34,35)28-10-8-18(32)12-28)20-26-22(30(27-20)21(33)23(2,3)14-31)36-13-16-4-6-17(24)7-5-16/h4-7,15,18-19,25,31-32H,8-14H2,1-3H3. The Morgan fingerprint density at radius 2 is 1.97 bits per heavy atom. The number of carbonyl (C=O) groups is 1. The van der Waals surface area contributed by atoms with Gasteiger partial charge in [0.05, 0.1) is 18.1 Å². The first-order valence-corrected chi connectivity index (χ1v) is 13.5. The van der Waals surface area contributed by atoms with E-state index in [1.807, 2.05) is 0 Å². The second-order valence-electron chi connectivity index (χ2n) is 10.0.